The molecule has 0 bridgehead atoms. The van der Waals surface area contributed by atoms with Crippen LogP contribution in [0.25, 0.3) is 11.6 Å². The van der Waals surface area contributed by atoms with Crippen LogP contribution in [0, 0.1) is 17.8 Å². The monoisotopic (exact) mass is 664 g/mol. The zero-order chi connectivity index (χ0) is 34.5. The van der Waals surface area contributed by atoms with Crippen LogP contribution in [0.5, 0.6) is 5.75 Å². The first kappa shape index (κ1) is 34.0. The van der Waals surface area contributed by atoms with Crippen LogP contribution in [0.1, 0.15) is 36.5 Å². The van der Waals surface area contributed by atoms with Gasteiger partial charge >= 0.3 is 7.12 Å². The number of hydrogen-bond acceptors (Lipinski definition) is 10. The van der Waals surface area contributed by atoms with Gasteiger partial charge in [0, 0.05) is 12.1 Å². The molecule has 0 radical (unpaired) electrons. The lowest BCUT2D eigenvalue weighted by molar-refractivity contribution is -0.123. The number of amides is 2. The number of aromatic nitrogens is 1. The van der Waals surface area contributed by atoms with Crippen molar-refractivity contribution in [1.29, 1.82) is 0 Å². The van der Waals surface area contributed by atoms with E-state index in [1.54, 1.807) is 48.7 Å². The summed E-state index contributed by atoms with van der Waals surface area (Å²) in [6.07, 6.45) is 3.01. The molecule has 2 aliphatic rings. The molecule has 0 unspecified atom stereocenters. The van der Waals surface area contributed by atoms with E-state index in [0.29, 0.717) is 40.5 Å². The van der Waals surface area contributed by atoms with Gasteiger partial charge in [0.2, 0.25) is 11.8 Å². The van der Waals surface area contributed by atoms with E-state index in [1.807, 2.05) is 30.3 Å². The summed E-state index contributed by atoms with van der Waals surface area (Å²) in [7, 11) is -1.79. The second kappa shape index (κ2) is 15.1. The van der Waals surface area contributed by atoms with Crippen molar-refractivity contribution in [3.63, 3.8) is 0 Å². The third kappa shape index (κ3) is 7.29. The average Bonchev–Trinajstić information content (AvgIpc) is 3.69. The molecule has 0 saturated carbocycles. The smallest absolute Gasteiger partial charge is 0.488 e. The third-order valence-corrected chi connectivity index (χ3v) is 9.16. The van der Waals surface area contributed by atoms with Crippen LogP contribution in [-0.4, -0.2) is 68.6 Å². The summed E-state index contributed by atoms with van der Waals surface area (Å²) in [6.45, 7) is -0.710. The Morgan fingerprint density at radius 3 is 2.49 bits per heavy atom. The Morgan fingerprint density at radius 2 is 1.80 bits per heavy atom. The van der Waals surface area contributed by atoms with Crippen LogP contribution in [0.4, 0.5) is 5.69 Å². The summed E-state index contributed by atoms with van der Waals surface area (Å²) in [5.41, 5.74) is 2.84. The first-order chi connectivity index (χ1) is 23.8. The van der Waals surface area contributed by atoms with Crippen LogP contribution < -0.4 is 15.1 Å². The van der Waals surface area contributed by atoms with Crippen LogP contribution in [0.2, 0.25) is 0 Å². The number of pyridine rings is 1. The summed E-state index contributed by atoms with van der Waals surface area (Å²) in [5, 5.41) is 51.6. The number of anilines is 1. The Kier molecular flexibility index (Phi) is 10.5. The van der Waals surface area contributed by atoms with Crippen molar-refractivity contribution in [1.82, 2.24) is 4.98 Å². The Bertz CT molecular complexity index is 1840. The van der Waals surface area contributed by atoms with Gasteiger partial charge in [-0.05, 0) is 96.1 Å². The molecule has 2 aromatic heterocycles. The maximum absolute atomic E-state index is 14.0. The summed E-state index contributed by atoms with van der Waals surface area (Å²) < 4.78 is 11.8. The highest BCUT2D eigenvalue weighted by Crippen LogP contribution is 2.47. The van der Waals surface area contributed by atoms with Gasteiger partial charge in [-0.25, -0.2) is 0 Å². The maximum atomic E-state index is 14.0. The second-order valence-electron chi connectivity index (χ2n) is 12.2. The first-order valence-electron chi connectivity index (χ1n) is 16.1. The van der Waals surface area contributed by atoms with E-state index < -0.39 is 49.4 Å². The topological polar surface area (TPSA) is 174 Å². The van der Waals surface area contributed by atoms with Gasteiger partial charge in [0.1, 0.15) is 30.5 Å². The molecular weight excluding hydrogens is 627 g/mol. The average molecular weight is 665 g/mol. The van der Waals surface area contributed by atoms with E-state index in [-0.39, 0.29) is 37.2 Å². The fourth-order valence-electron chi connectivity index (χ4n) is 6.86. The fraction of sp³-hybridized carbons (Fsp3) is 0.270. The van der Waals surface area contributed by atoms with E-state index in [0.717, 1.165) is 10.5 Å². The minimum atomic E-state index is -1.79. The van der Waals surface area contributed by atoms with Crippen LogP contribution in [0.3, 0.4) is 0 Å². The SMILES string of the molecule is O=C1[C@@H]2[C@@H](CC(COc3ccccc3)=C([C@H](O)CC/C(=C/c3ccc(CO)o3)c3ccccn3)[C@@H]2CO)C(=O)N1c1cccc(B(O)O)c1. The third-order valence-electron chi connectivity index (χ3n) is 9.16. The van der Waals surface area contributed by atoms with Crippen LogP contribution >= 0.6 is 0 Å². The van der Waals surface area contributed by atoms with Gasteiger partial charge < -0.3 is 34.5 Å². The number of imide groups is 1. The van der Waals surface area contributed by atoms with Gasteiger partial charge in [0.05, 0.1) is 35.9 Å². The predicted molar refractivity (Wildman–Crippen MR) is 182 cm³/mol. The minimum Gasteiger partial charge on any atom is -0.489 e. The highest BCUT2D eigenvalue weighted by molar-refractivity contribution is 6.58. The van der Waals surface area contributed by atoms with E-state index in [4.69, 9.17) is 9.15 Å². The van der Waals surface area contributed by atoms with Crippen molar-refractivity contribution in [2.45, 2.75) is 32.0 Å². The molecule has 6 rings (SSSR count). The Balaban J connectivity index is 1.33. The van der Waals surface area contributed by atoms with Crippen molar-refractivity contribution in [3.05, 3.63) is 119 Å². The molecule has 11 nitrogen and oxygen atoms in total. The van der Waals surface area contributed by atoms with Gasteiger partial charge in [-0.15, -0.1) is 0 Å². The molecule has 4 atom stereocenters. The van der Waals surface area contributed by atoms with E-state index >= 15 is 0 Å². The first-order valence-corrected chi connectivity index (χ1v) is 16.1. The predicted octanol–water partition coefficient (Wildman–Crippen LogP) is 2.72. The van der Waals surface area contributed by atoms with Crippen molar-refractivity contribution in [2.24, 2.45) is 17.8 Å². The van der Waals surface area contributed by atoms with Crippen LogP contribution in [-0.2, 0) is 16.2 Å². The number of carbonyl (C=O) groups is 2. The lowest BCUT2D eigenvalue weighted by Crippen LogP contribution is -2.40. The number of nitrogens with zero attached hydrogens (tertiary/aromatic N) is 2. The molecule has 0 spiro atoms. The molecule has 4 aromatic rings. The molecule has 2 amide bonds. The minimum absolute atomic E-state index is 0.0308. The second-order valence-corrected chi connectivity index (χ2v) is 12.2. The number of ether oxygens (including phenoxy) is 1. The number of aliphatic hydroxyl groups is 3. The van der Waals surface area contributed by atoms with Gasteiger partial charge in [0.15, 0.2) is 0 Å². The standard InChI is InChI=1S/C37H37BN2O9/c41-20-29-14-13-28(49-29)17-23(32-11-4-5-16-39-32)12-15-33(43)34-24(22-48-27-9-2-1-3-10-27)18-30-35(31(34)21-42)37(45)40(36(30)44)26-8-6-7-25(19-26)38(46)47/h1-11,13-14,16-17,19,30-31,33,35,41-43,46-47H,12,15,18,20-22H2/b23-17-/t30-,31+,33-,35-/m1/s1. The Labute approximate surface area is 283 Å². The number of carbonyl (C=O) groups excluding carboxylic acids is 2. The molecule has 12 heteroatoms. The molecule has 1 saturated heterocycles. The van der Waals surface area contributed by atoms with Gasteiger partial charge in [-0.1, -0.05) is 36.4 Å². The number of benzene rings is 2. The van der Waals surface area contributed by atoms with Crippen LogP contribution in [0.15, 0.2) is 107 Å². The molecule has 1 aliphatic heterocycles. The van der Waals surface area contributed by atoms with Crippen molar-refractivity contribution < 1.29 is 44.1 Å². The van der Waals surface area contributed by atoms with Gasteiger partial charge in [-0.3, -0.25) is 19.5 Å². The zero-order valence-electron chi connectivity index (χ0n) is 26.6. The number of aliphatic hydroxyl groups excluding tert-OH is 3. The molecule has 2 aromatic carbocycles. The Hall–Kier alpha value is -4.85. The highest BCUT2D eigenvalue weighted by atomic mass is 16.5. The normalized spacial score (nSPS) is 20.1. The molecule has 1 fully saturated rings. The van der Waals surface area contributed by atoms with E-state index in [9.17, 15) is 35.0 Å². The Morgan fingerprint density at radius 1 is 1.00 bits per heavy atom. The van der Waals surface area contributed by atoms with E-state index in [1.165, 1.54) is 18.2 Å². The summed E-state index contributed by atoms with van der Waals surface area (Å²) in [4.78, 5) is 33.4. The molecule has 1 aliphatic carbocycles. The number of rotatable bonds is 13. The fourth-order valence-corrected chi connectivity index (χ4v) is 6.86. The highest BCUT2D eigenvalue weighted by Gasteiger charge is 2.55. The number of fused-ring (bicyclic) bond motifs is 1. The number of allylic oxidation sites excluding steroid dienone is 1. The molecule has 5 N–H and O–H groups in total. The quantitative estimate of drug-likeness (QED) is 0.0813. The molecular formula is C37H37BN2O9. The maximum Gasteiger partial charge on any atom is 0.488 e. The van der Waals surface area contributed by atoms with Gasteiger partial charge in [-0.2, -0.15) is 0 Å². The lowest BCUT2D eigenvalue weighted by atomic mass is 9.68. The summed E-state index contributed by atoms with van der Waals surface area (Å²) in [5.74, 6) is -2.14. The summed E-state index contributed by atoms with van der Waals surface area (Å²) >= 11 is 0. The molecule has 49 heavy (non-hydrogen) atoms. The largest absolute Gasteiger partial charge is 0.489 e. The molecule has 252 valence electrons. The number of hydrogen-bond donors (Lipinski definition) is 5. The van der Waals surface area contributed by atoms with Crippen molar-refractivity contribution >= 4 is 41.7 Å². The van der Waals surface area contributed by atoms with Gasteiger partial charge in [0.25, 0.3) is 0 Å². The van der Waals surface area contributed by atoms with E-state index in [2.05, 4.69) is 4.98 Å². The zero-order valence-corrected chi connectivity index (χ0v) is 26.6. The number of para-hydroxylation sites is 1. The lowest BCUT2D eigenvalue weighted by Gasteiger charge is -2.36. The molecule has 3 heterocycles. The number of furan rings is 1. The van der Waals surface area contributed by atoms with Crippen molar-refractivity contribution in [2.75, 3.05) is 18.1 Å². The van der Waals surface area contributed by atoms with Crippen molar-refractivity contribution in [3.8, 4) is 5.75 Å². The summed E-state index contributed by atoms with van der Waals surface area (Å²) in [6, 6.07) is 23.9.